The number of nitrogens with one attached hydrogen (secondary N) is 1. The lowest BCUT2D eigenvalue weighted by atomic mass is 9.96. The molecule has 3 rings (SSSR count). The average Bonchev–Trinajstić information content (AvgIpc) is 3.21. The molecule has 2 heterocycles. The summed E-state index contributed by atoms with van der Waals surface area (Å²) >= 11 is 0. The molecule has 1 atom stereocenters. The van der Waals surface area contributed by atoms with Gasteiger partial charge in [-0.05, 0) is 24.6 Å². The van der Waals surface area contributed by atoms with Crippen LogP contribution in [0.3, 0.4) is 0 Å². The van der Waals surface area contributed by atoms with Crippen LogP contribution in [0.25, 0.3) is 0 Å². The predicted octanol–water partition coefficient (Wildman–Crippen LogP) is 1.23. The van der Waals surface area contributed by atoms with Crippen molar-refractivity contribution in [3.8, 4) is 0 Å². The van der Waals surface area contributed by atoms with Crippen molar-refractivity contribution < 1.29 is 23.6 Å². The van der Waals surface area contributed by atoms with Gasteiger partial charge in [-0.25, -0.2) is 4.39 Å². The van der Waals surface area contributed by atoms with E-state index in [1.807, 2.05) is 4.90 Å². The maximum Gasteiger partial charge on any atom is 0.320 e. The Kier molecular flexibility index (Phi) is 5.51. The monoisotopic (exact) mass is 363 g/mol. The number of carbonyl (C=O) groups is 2. The molecule has 1 spiro atoms. The number of likely N-dealkylation sites (tertiary alicyclic amines) is 1. The van der Waals surface area contributed by atoms with Crippen LogP contribution in [0.1, 0.15) is 25.3 Å². The first-order valence-electron chi connectivity index (χ1n) is 8.65. The smallest absolute Gasteiger partial charge is 0.320 e. The minimum absolute atomic E-state index is 0.213. The van der Waals surface area contributed by atoms with Crippen LogP contribution in [0.4, 0.5) is 4.39 Å². The van der Waals surface area contributed by atoms with Crippen molar-refractivity contribution in [2.75, 3.05) is 26.2 Å². The Morgan fingerprint density at radius 2 is 2.15 bits per heavy atom. The van der Waals surface area contributed by atoms with Gasteiger partial charge in [0.15, 0.2) is 5.60 Å². The van der Waals surface area contributed by atoms with E-state index in [1.54, 1.807) is 19.1 Å². The topological polar surface area (TPSA) is 80.2 Å². The lowest BCUT2D eigenvalue weighted by Crippen LogP contribution is -2.38. The molecular formula is C18H22FN3O4. The molecule has 0 unspecified atom stereocenters. The van der Waals surface area contributed by atoms with Crippen LogP contribution in [-0.2, 0) is 25.7 Å². The number of ether oxygens (including phenoxy) is 1. The van der Waals surface area contributed by atoms with E-state index >= 15 is 0 Å². The number of benzene rings is 1. The molecular weight excluding hydrogens is 341 g/mol. The third-order valence-electron chi connectivity index (χ3n) is 4.52. The molecule has 7 nitrogen and oxygen atoms in total. The van der Waals surface area contributed by atoms with Gasteiger partial charge >= 0.3 is 5.97 Å². The molecule has 0 aliphatic carbocycles. The fourth-order valence-corrected chi connectivity index (χ4v) is 3.20. The molecule has 1 amide bonds. The number of amides is 1. The van der Waals surface area contributed by atoms with Gasteiger partial charge in [0.1, 0.15) is 11.5 Å². The molecule has 1 N–H and O–H groups in total. The maximum absolute atomic E-state index is 12.9. The Morgan fingerprint density at radius 3 is 2.88 bits per heavy atom. The summed E-state index contributed by atoms with van der Waals surface area (Å²) in [7, 11) is 0. The Labute approximate surface area is 151 Å². The zero-order valence-electron chi connectivity index (χ0n) is 14.7. The van der Waals surface area contributed by atoms with Crippen molar-refractivity contribution in [1.82, 2.24) is 10.2 Å². The van der Waals surface area contributed by atoms with Gasteiger partial charge in [-0.3, -0.25) is 14.5 Å². The number of carbonyl (C=O) groups excluding carboxylic acids is 2. The van der Waals surface area contributed by atoms with E-state index in [0.717, 1.165) is 5.56 Å². The summed E-state index contributed by atoms with van der Waals surface area (Å²) in [5.74, 6) is -0.875. The zero-order chi connectivity index (χ0) is 18.6. The van der Waals surface area contributed by atoms with Crippen molar-refractivity contribution in [3.05, 3.63) is 35.6 Å². The molecule has 2 aliphatic heterocycles. The first-order valence-corrected chi connectivity index (χ1v) is 8.65. The number of oxime groups is 1. The van der Waals surface area contributed by atoms with Crippen LogP contribution in [0, 0.1) is 5.82 Å². The zero-order valence-corrected chi connectivity index (χ0v) is 14.7. The summed E-state index contributed by atoms with van der Waals surface area (Å²) in [6.45, 7) is 3.86. The van der Waals surface area contributed by atoms with Crippen molar-refractivity contribution in [3.63, 3.8) is 0 Å². The maximum atomic E-state index is 12.9. The summed E-state index contributed by atoms with van der Waals surface area (Å²) in [6.07, 6.45) is 1.10. The van der Waals surface area contributed by atoms with Crippen LogP contribution in [0.5, 0.6) is 0 Å². The van der Waals surface area contributed by atoms with Crippen LogP contribution < -0.4 is 5.32 Å². The lowest BCUT2D eigenvalue weighted by molar-refractivity contribution is -0.144. The summed E-state index contributed by atoms with van der Waals surface area (Å²) in [6, 6.07) is 5.94. The minimum atomic E-state index is -0.547. The van der Waals surface area contributed by atoms with Gasteiger partial charge < -0.3 is 14.9 Å². The highest BCUT2D eigenvalue weighted by Crippen LogP contribution is 2.33. The number of halogens is 1. The minimum Gasteiger partial charge on any atom is -0.465 e. The lowest BCUT2D eigenvalue weighted by Gasteiger charge is -2.21. The third kappa shape index (κ3) is 4.37. The molecule has 1 fully saturated rings. The van der Waals surface area contributed by atoms with Crippen molar-refractivity contribution in [1.29, 1.82) is 0 Å². The van der Waals surface area contributed by atoms with E-state index in [4.69, 9.17) is 9.57 Å². The molecule has 8 heteroatoms. The van der Waals surface area contributed by atoms with Gasteiger partial charge in [0.25, 0.3) is 5.91 Å². The number of rotatable bonds is 6. The van der Waals surface area contributed by atoms with E-state index in [0.29, 0.717) is 44.8 Å². The number of hydrogen-bond acceptors (Lipinski definition) is 6. The molecule has 0 aromatic heterocycles. The fourth-order valence-electron chi connectivity index (χ4n) is 3.20. The summed E-state index contributed by atoms with van der Waals surface area (Å²) in [5, 5.41) is 6.72. The normalized spacial score (nSPS) is 22.2. The quantitative estimate of drug-likeness (QED) is 0.769. The Morgan fingerprint density at radius 1 is 1.38 bits per heavy atom. The van der Waals surface area contributed by atoms with Gasteiger partial charge in [0.2, 0.25) is 0 Å². The first kappa shape index (κ1) is 18.3. The molecule has 2 aliphatic rings. The summed E-state index contributed by atoms with van der Waals surface area (Å²) < 4.78 is 17.9. The van der Waals surface area contributed by atoms with E-state index in [2.05, 4.69) is 10.5 Å². The molecule has 1 aromatic carbocycles. The highest BCUT2D eigenvalue weighted by Gasteiger charge is 2.46. The van der Waals surface area contributed by atoms with Gasteiger partial charge in [0.05, 0.1) is 13.2 Å². The Bertz CT molecular complexity index is 707. The van der Waals surface area contributed by atoms with E-state index in [1.165, 1.54) is 12.1 Å². The second-order valence-electron chi connectivity index (χ2n) is 6.56. The number of hydrogen-bond donors (Lipinski definition) is 1. The van der Waals surface area contributed by atoms with Crippen molar-refractivity contribution in [2.24, 2.45) is 5.16 Å². The second-order valence-corrected chi connectivity index (χ2v) is 6.56. The number of esters is 1. The Balaban J connectivity index is 1.47. The molecule has 1 aromatic rings. The Hall–Kier alpha value is -2.48. The second kappa shape index (κ2) is 7.82. The highest BCUT2D eigenvalue weighted by molar-refractivity contribution is 6.39. The van der Waals surface area contributed by atoms with Gasteiger partial charge in [0, 0.05) is 32.5 Å². The van der Waals surface area contributed by atoms with Crippen LogP contribution in [0.2, 0.25) is 0 Å². The van der Waals surface area contributed by atoms with Crippen LogP contribution >= 0.6 is 0 Å². The average molecular weight is 363 g/mol. The van der Waals surface area contributed by atoms with Gasteiger partial charge in [-0.1, -0.05) is 17.3 Å². The molecule has 0 radical (unpaired) electrons. The molecule has 140 valence electrons. The van der Waals surface area contributed by atoms with Gasteiger partial charge in [-0.2, -0.15) is 0 Å². The SMILES string of the molecule is CCOC(=O)CN1CC[C@]2(CC(C(=O)NCc3ccc(F)cc3)=NO2)C1. The van der Waals surface area contributed by atoms with E-state index < -0.39 is 5.60 Å². The van der Waals surface area contributed by atoms with Crippen molar-refractivity contribution in [2.45, 2.75) is 31.9 Å². The fraction of sp³-hybridized carbons (Fsp3) is 0.500. The van der Waals surface area contributed by atoms with E-state index in [9.17, 15) is 14.0 Å². The summed E-state index contributed by atoms with van der Waals surface area (Å²) in [4.78, 5) is 31.4. The molecule has 1 saturated heterocycles. The first-order chi connectivity index (χ1) is 12.5. The highest BCUT2D eigenvalue weighted by atomic mass is 19.1. The predicted molar refractivity (Wildman–Crippen MR) is 91.8 cm³/mol. The standard InChI is InChI=1S/C18H22FN3O4/c1-2-25-16(23)11-22-8-7-18(12-22)9-15(21-26-18)17(24)20-10-13-3-5-14(19)6-4-13/h3-6H,2,7-12H2,1H3,(H,20,24)/t18-/m0/s1. The van der Waals surface area contributed by atoms with Crippen LogP contribution in [0.15, 0.2) is 29.4 Å². The molecule has 0 saturated carbocycles. The largest absolute Gasteiger partial charge is 0.465 e. The molecule has 0 bridgehead atoms. The van der Waals surface area contributed by atoms with E-state index in [-0.39, 0.29) is 24.2 Å². The molecule has 26 heavy (non-hydrogen) atoms. The summed E-state index contributed by atoms with van der Waals surface area (Å²) in [5.41, 5.74) is 0.593. The van der Waals surface area contributed by atoms with Crippen LogP contribution in [-0.4, -0.2) is 54.3 Å². The third-order valence-corrected chi connectivity index (χ3v) is 4.52. The van der Waals surface area contributed by atoms with Gasteiger partial charge in [-0.15, -0.1) is 0 Å². The number of nitrogens with zero attached hydrogens (tertiary/aromatic N) is 2. The van der Waals surface area contributed by atoms with Crippen molar-refractivity contribution >= 4 is 17.6 Å².